The van der Waals surface area contributed by atoms with Crippen LogP contribution in [0.5, 0.6) is 0 Å². The van der Waals surface area contributed by atoms with Crippen LogP contribution in [0.25, 0.3) is 80.7 Å². The number of nitrogens with zero attached hydrogens (tertiary/aromatic N) is 2. The van der Waals surface area contributed by atoms with Gasteiger partial charge < -0.3 is 9.47 Å². The Balaban J connectivity index is 1.01. The summed E-state index contributed by atoms with van der Waals surface area (Å²) >= 11 is 1.86. The molecule has 1 unspecified atom stereocenters. The van der Waals surface area contributed by atoms with E-state index in [1.807, 2.05) is 11.3 Å². The third-order valence-corrected chi connectivity index (χ3v) is 13.2. The van der Waals surface area contributed by atoms with Crippen LogP contribution in [0.1, 0.15) is 23.6 Å². The van der Waals surface area contributed by atoms with Crippen molar-refractivity contribution in [2.24, 2.45) is 0 Å². The van der Waals surface area contributed by atoms with E-state index in [4.69, 9.17) is 0 Å². The minimum Gasteiger partial charge on any atom is -0.332 e. The smallest absolute Gasteiger partial charge is 0.0632 e. The molecule has 0 spiro atoms. The topological polar surface area (TPSA) is 8.17 Å². The maximum atomic E-state index is 2.57. The number of aromatic nitrogens is 1. The van der Waals surface area contributed by atoms with Crippen molar-refractivity contribution in [3.8, 4) is 11.1 Å². The molecular weight excluding hydrogens is 709 g/mol. The van der Waals surface area contributed by atoms with Crippen LogP contribution in [-0.2, 0) is 0 Å². The summed E-state index contributed by atoms with van der Waals surface area (Å²) in [6.45, 7) is 0. The SMILES string of the molecule is C1=Cc2ccccc2C(n2c3ccccc3c3cc(-c4ccc(N(c5ccc6sc7ccccc7c6c5)c5cc6ccccc6c6ccccc56)cc4)ccc32)C1. The molecule has 2 nitrogen and oxygen atoms in total. The molecule has 11 aromatic rings. The minimum absolute atomic E-state index is 0.252. The number of hydrogen-bond donors (Lipinski definition) is 0. The molecule has 1 aliphatic carbocycles. The van der Waals surface area contributed by atoms with Gasteiger partial charge in [-0.3, -0.25) is 0 Å². The molecule has 2 aromatic heterocycles. The Hall–Kier alpha value is -6.94. The van der Waals surface area contributed by atoms with Crippen LogP contribution < -0.4 is 4.90 Å². The average molecular weight is 745 g/mol. The van der Waals surface area contributed by atoms with E-state index in [2.05, 4.69) is 210 Å². The number of allylic oxidation sites excluding steroid dienone is 1. The third-order valence-electron chi connectivity index (χ3n) is 12.1. The zero-order chi connectivity index (χ0) is 37.5. The molecule has 2 heterocycles. The van der Waals surface area contributed by atoms with Crippen LogP contribution >= 0.6 is 11.3 Å². The van der Waals surface area contributed by atoms with Gasteiger partial charge in [-0.1, -0.05) is 140 Å². The molecule has 0 saturated heterocycles. The Morgan fingerprint density at radius 2 is 1.12 bits per heavy atom. The summed E-state index contributed by atoms with van der Waals surface area (Å²) in [5.74, 6) is 0. The Kier molecular flexibility index (Phi) is 7.26. The van der Waals surface area contributed by atoms with Gasteiger partial charge in [0, 0.05) is 58.7 Å². The lowest BCUT2D eigenvalue weighted by Crippen LogP contribution is -2.13. The zero-order valence-electron chi connectivity index (χ0n) is 31.1. The fourth-order valence-corrected chi connectivity index (χ4v) is 10.6. The average Bonchev–Trinajstić information content (AvgIpc) is 3.82. The molecule has 0 amide bonds. The highest BCUT2D eigenvalue weighted by Gasteiger charge is 2.24. The molecule has 0 fully saturated rings. The summed E-state index contributed by atoms with van der Waals surface area (Å²) in [5, 5.41) is 10.2. The number of para-hydroxylation sites is 1. The predicted molar refractivity (Wildman–Crippen MR) is 246 cm³/mol. The van der Waals surface area contributed by atoms with Gasteiger partial charge in [0.05, 0.1) is 11.7 Å². The highest BCUT2D eigenvalue weighted by atomic mass is 32.1. The summed E-state index contributed by atoms with van der Waals surface area (Å²) in [4.78, 5) is 2.46. The largest absolute Gasteiger partial charge is 0.332 e. The van der Waals surface area contributed by atoms with Crippen molar-refractivity contribution in [3.05, 3.63) is 205 Å². The van der Waals surface area contributed by atoms with Crippen molar-refractivity contribution in [2.45, 2.75) is 12.5 Å². The number of hydrogen-bond acceptors (Lipinski definition) is 2. The van der Waals surface area contributed by atoms with E-state index in [0.717, 1.165) is 17.8 Å². The van der Waals surface area contributed by atoms with Crippen molar-refractivity contribution in [2.75, 3.05) is 4.90 Å². The van der Waals surface area contributed by atoms with E-state index in [0.29, 0.717) is 0 Å². The fraction of sp³-hybridized carbons (Fsp3) is 0.0370. The van der Waals surface area contributed by atoms with Crippen molar-refractivity contribution >= 4 is 98.0 Å². The predicted octanol–water partition coefficient (Wildman–Crippen LogP) is 15.6. The number of fused-ring (bicyclic) bond motifs is 10. The molecule has 268 valence electrons. The molecule has 57 heavy (non-hydrogen) atoms. The van der Waals surface area contributed by atoms with Gasteiger partial charge in [0.2, 0.25) is 0 Å². The molecular formula is C54H36N2S. The van der Waals surface area contributed by atoms with Crippen LogP contribution in [0.3, 0.4) is 0 Å². The molecule has 0 radical (unpaired) electrons. The van der Waals surface area contributed by atoms with E-state index in [9.17, 15) is 0 Å². The maximum absolute atomic E-state index is 2.57. The van der Waals surface area contributed by atoms with E-state index >= 15 is 0 Å². The summed E-state index contributed by atoms with van der Waals surface area (Å²) in [7, 11) is 0. The first-order valence-electron chi connectivity index (χ1n) is 19.8. The van der Waals surface area contributed by atoms with E-state index in [1.54, 1.807) is 0 Å². The van der Waals surface area contributed by atoms with Crippen LogP contribution in [-0.4, -0.2) is 4.57 Å². The van der Waals surface area contributed by atoms with Gasteiger partial charge in [0.25, 0.3) is 0 Å². The van der Waals surface area contributed by atoms with E-state index < -0.39 is 0 Å². The zero-order valence-corrected chi connectivity index (χ0v) is 32.0. The Morgan fingerprint density at radius 3 is 2.02 bits per heavy atom. The van der Waals surface area contributed by atoms with Gasteiger partial charge in [0.1, 0.15) is 0 Å². The van der Waals surface area contributed by atoms with Crippen LogP contribution in [0.4, 0.5) is 17.1 Å². The normalized spacial score (nSPS) is 14.0. The third kappa shape index (κ3) is 5.09. The number of anilines is 3. The quantitative estimate of drug-likeness (QED) is 0.159. The summed E-state index contributed by atoms with van der Waals surface area (Å²) in [6, 6.07) is 70.0. The van der Waals surface area contributed by atoms with Crippen molar-refractivity contribution in [1.82, 2.24) is 4.57 Å². The first kappa shape index (κ1) is 32.3. The van der Waals surface area contributed by atoms with Crippen LogP contribution in [0.2, 0.25) is 0 Å². The molecule has 9 aromatic carbocycles. The van der Waals surface area contributed by atoms with Gasteiger partial charge in [-0.05, 0) is 105 Å². The molecule has 1 atom stereocenters. The minimum atomic E-state index is 0.252. The van der Waals surface area contributed by atoms with Gasteiger partial charge in [-0.2, -0.15) is 0 Å². The standard InChI is InChI=1S/C54H36N2S/c1-4-16-42-36(12-1)14-11-22-49(42)56-50-21-9-7-19-45(50)47-32-37(26-30-51(47)56)35-24-27-39(28-25-35)55(40-29-31-54-48(34-40)46-20-8-10-23-53(46)57-54)52-33-38-13-2-3-15-41(38)43-17-5-6-18-44(43)52/h1-21,23-34,49H,22H2. The van der Waals surface area contributed by atoms with Gasteiger partial charge in [-0.15, -0.1) is 11.3 Å². The second-order valence-electron chi connectivity index (χ2n) is 15.2. The molecule has 0 N–H and O–H groups in total. The van der Waals surface area contributed by atoms with Crippen LogP contribution in [0, 0.1) is 0 Å². The number of rotatable bonds is 5. The lowest BCUT2D eigenvalue weighted by molar-refractivity contribution is 0.625. The Morgan fingerprint density at radius 1 is 0.456 bits per heavy atom. The highest BCUT2D eigenvalue weighted by molar-refractivity contribution is 7.25. The fourth-order valence-electron chi connectivity index (χ4n) is 9.48. The van der Waals surface area contributed by atoms with Crippen molar-refractivity contribution in [1.29, 1.82) is 0 Å². The molecule has 0 saturated carbocycles. The van der Waals surface area contributed by atoms with Gasteiger partial charge in [-0.25, -0.2) is 0 Å². The van der Waals surface area contributed by atoms with Gasteiger partial charge >= 0.3 is 0 Å². The second kappa shape index (κ2) is 12.8. The lowest BCUT2D eigenvalue weighted by atomic mass is 9.92. The Bertz CT molecular complexity index is 3400. The molecule has 3 heteroatoms. The van der Waals surface area contributed by atoms with E-state index in [-0.39, 0.29) is 6.04 Å². The molecule has 0 bridgehead atoms. The first-order chi connectivity index (χ1) is 28.3. The Labute approximate surface area is 334 Å². The highest BCUT2D eigenvalue weighted by Crippen LogP contribution is 2.45. The van der Waals surface area contributed by atoms with E-state index in [1.165, 1.54) is 91.5 Å². The summed E-state index contributed by atoms with van der Waals surface area (Å²) in [5.41, 5.74) is 11.1. The van der Waals surface area contributed by atoms with Crippen LogP contribution in [0.15, 0.2) is 194 Å². The number of benzene rings is 9. The van der Waals surface area contributed by atoms with Crippen molar-refractivity contribution < 1.29 is 0 Å². The lowest BCUT2D eigenvalue weighted by Gasteiger charge is -2.28. The van der Waals surface area contributed by atoms with Crippen molar-refractivity contribution in [3.63, 3.8) is 0 Å². The first-order valence-corrected chi connectivity index (χ1v) is 20.6. The second-order valence-corrected chi connectivity index (χ2v) is 16.3. The summed E-state index contributed by atoms with van der Waals surface area (Å²) in [6.07, 6.45) is 5.58. The molecule has 12 rings (SSSR count). The monoisotopic (exact) mass is 744 g/mol. The molecule has 1 aliphatic rings. The molecule has 0 aliphatic heterocycles. The number of thiophene rings is 1. The maximum Gasteiger partial charge on any atom is 0.0632 e. The van der Waals surface area contributed by atoms with Gasteiger partial charge in [0.15, 0.2) is 0 Å². The summed E-state index contributed by atoms with van der Waals surface area (Å²) < 4.78 is 5.19.